The summed E-state index contributed by atoms with van der Waals surface area (Å²) in [4.78, 5) is 43.7. The predicted octanol–water partition coefficient (Wildman–Crippen LogP) is 2.28. The quantitative estimate of drug-likeness (QED) is 0.611. The van der Waals surface area contributed by atoms with E-state index in [1.165, 1.54) is 21.7 Å². The maximum atomic E-state index is 13.3. The van der Waals surface area contributed by atoms with Crippen molar-refractivity contribution in [2.45, 2.75) is 44.7 Å². The third-order valence-electron chi connectivity index (χ3n) is 6.70. The second-order valence-corrected chi connectivity index (χ2v) is 8.59. The van der Waals surface area contributed by atoms with Gasteiger partial charge in [0.05, 0.1) is 23.9 Å². The Morgan fingerprint density at radius 2 is 2.06 bits per heavy atom. The van der Waals surface area contributed by atoms with Gasteiger partial charge in [-0.05, 0) is 55.4 Å². The summed E-state index contributed by atoms with van der Waals surface area (Å²) in [6.45, 7) is 2.26. The van der Waals surface area contributed by atoms with Gasteiger partial charge in [-0.2, -0.15) is 10.4 Å². The van der Waals surface area contributed by atoms with E-state index >= 15 is 0 Å². The van der Waals surface area contributed by atoms with Crippen molar-refractivity contribution in [3.8, 4) is 6.07 Å². The van der Waals surface area contributed by atoms with Gasteiger partial charge in [-0.3, -0.25) is 9.59 Å². The van der Waals surface area contributed by atoms with E-state index < -0.39 is 17.9 Å². The molecule has 10 nitrogen and oxygen atoms in total. The van der Waals surface area contributed by atoms with Crippen molar-refractivity contribution in [2.75, 3.05) is 6.54 Å². The lowest BCUT2D eigenvalue weighted by molar-refractivity contribution is 0.0694. The third-order valence-corrected chi connectivity index (χ3v) is 6.70. The molecule has 3 aromatic rings. The fourth-order valence-electron chi connectivity index (χ4n) is 4.97. The smallest absolute Gasteiger partial charge is 0.335 e. The number of carbonyl (C=O) groups excluding carboxylic acids is 2. The van der Waals surface area contributed by atoms with Gasteiger partial charge in [0.1, 0.15) is 17.4 Å². The molecule has 5 rings (SSSR count). The minimum atomic E-state index is -0.973. The molecule has 10 heteroatoms. The number of hydrogen-bond acceptors (Lipinski definition) is 6. The van der Waals surface area contributed by atoms with Crippen molar-refractivity contribution in [3.05, 3.63) is 64.1 Å². The lowest BCUT2D eigenvalue weighted by Gasteiger charge is -2.20. The van der Waals surface area contributed by atoms with Crippen LogP contribution in [0.2, 0.25) is 0 Å². The lowest BCUT2D eigenvalue weighted by atomic mass is 9.98. The molecule has 2 aromatic heterocycles. The molecule has 2 amide bonds. The van der Waals surface area contributed by atoms with Crippen molar-refractivity contribution in [2.24, 2.45) is 0 Å². The first-order valence-electron chi connectivity index (χ1n) is 11.1. The number of fused-ring (bicyclic) bond motifs is 2. The molecule has 0 saturated carbocycles. The monoisotopic (exact) mass is 458 g/mol. The predicted molar refractivity (Wildman–Crippen MR) is 119 cm³/mol. The zero-order valence-electron chi connectivity index (χ0n) is 18.5. The molecule has 2 N–H and O–H groups in total. The summed E-state index contributed by atoms with van der Waals surface area (Å²) in [5.41, 5.74) is 3.43. The highest BCUT2D eigenvalue weighted by molar-refractivity contribution is 5.99. The minimum Gasteiger partial charge on any atom is -0.478 e. The summed E-state index contributed by atoms with van der Waals surface area (Å²) in [6, 6.07) is 7.71. The SMILES string of the molecule is Cc1c(C(=O)O)ccc2c1CC[C@@H]2NC(=O)c1cc(C(=O)N2CCCC2C#N)nc2ccnn12. The summed E-state index contributed by atoms with van der Waals surface area (Å²) >= 11 is 0. The molecule has 3 heterocycles. The topological polar surface area (TPSA) is 141 Å². The molecule has 1 saturated heterocycles. The van der Waals surface area contributed by atoms with Gasteiger partial charge in [-0.15, -0.1) is 0 Å². The van der Waals surface area contributed by atoms with E-state index in [9.17, 15) is 24.8 Å². The highest BCUT2D eigenvalue weighted by atomic mass is 16.4. The zero-order valence-corrected chi connectivity index (χ0v) is 18.5. The molecule has 34 heavy (non-hydrogen) atoms. The highest BCUT2D eigenvalue weighted by Gasteiger charge is 2.32. The first-order chi connectivity index (χ1) is 16.4. The van der Waals surface area contributed by atoms with Crippen LogP contribution in [0.25, 0.3) is 5.65 Å². The van der Waals surface area contributed by atoms with Crippen molar-refractivity contribution in [1.82, 2.24) is 24.8 Å². The molecular weight excluding hydrogens is 436 g/mol. The van der Waals surface area contributed by atoms with Gasteiger partial charge in [0.25, 0.3) is 11.8 Å². The zero-order chi connectivity index (χ0) is 24.0. The molecule has 172 valence electrons. The average molecular weight is 458 g/mol. The number of benzene rings is 1. The molecule has 1 aliphatic heterocycles. The van der Waals surface area contributed by atoms with Crippen LogP contribution >= 0.6 is 0 Å². The van der Waals surface area contributed by atoms with Crippen LogP contribution in [-0.2, 0) is 6.42 Å². The van der Waals surface area contributed by atoms with Gasteiger partial charge < -0.3 is 15.3 Å². The van der Waals surface area contributed by atoms with Crippen LogP contribution in [0.15, 0.2) is 30.5 Å². The standard InChI is InChI=1S/C24H22N6O4/c1-13-15-6-7-18(17(15)5-4-16(13)24(33)34)28-22(31)20-11-19(27-21-8-9-26-30(20)21)23(32)29-10-2-3-14(29)12-25/h4-5,8-9,11,14,18H,2-3,6-7,10H2,1H3,(H,28,31)(H,33,34)/t14?,18-/m0/s1. The Morgan fingerprint density at radius 3 is 2.82 bits per heavy atom. The van der Waals surface area contributed by atoms with Crippen LogP contribution < -0.4 is 5.32 Å². The Bertz CT molecular complexity index is 1390. The molecular formula is C24H22N6O4. The number of aromatic carboxylic acids is 1. The van der Waals surface area contributed by atoms with Crippen LogP contribution in [0.4, 0.5) is 0 Å². The Kier molecular flexibility index (Phi) is 5.24. The summed E-state index contributed by atoms with van der Waals surface area (Å²) in [7, 11) is 0. The van der Waals surface area contributed by atoms with Crippen LogP contribution in [0.3, 0.4) is 0 Å². The van der Waals surface area contributed by atoms with E-state index in [2.05, 4.69) is 21.5 Å². The number of carbonyl (C=O) groups is 3. The largest absolute Gasteiger partial charge is 0.478 e. The molecule has 1 fully saturated rings. The number of hydrogen-bond donors (Lipinski definition) is 2. The fraction of sp³-hybridized carbons (Fsp3) is 0.333. The van der Waals surface area contributed by atoms with Gasteiger partial charge in [0, 0.05) is 18.7 Å². The number of carboxylic acids is 1. The van der Waals surface area contributed by atoms with Crippen LogP contribution in [0.5, 0.6) is 0 Å². The van der Waals surface area contributed by atoms with E-state index in [0.717, 1.165) is 17.5 Å². The van der Waals surface area contributed by atoms with Crippen molar-refractivity contribution >= 4 is 23.4 Å². The Hall–Kier alpha value is -4.26. The molecule has 0 radical (unpaired) electrons. The Labute approximate surface area is 194 Å². The summed E-state index contributed by atoms with van der Waals surface area (Å²) in [5.74, 6) is -1.77. The van der Waals surface area contributed by atoms with Gasteiger partial charge in [-0.1, -0.05) is 6.07 Å². The van der Waals surface area contributed by atoms with E-state index in [1.54, 1.807) is 25.1 Å². The molecule has 2 aliphatic rings. The van der Waals surface area contributed by atoms with E-state index in [0.29, 0.717) is 37.0 Å². The maximum absolute atomic E-state index is 13.3. The normalized spacial score (nSPS) is 19.1. The number of carboxylic acid groups (broad SMARTS) is 1. The first-order valence-corrected chi connectivity index (χ1v) is 11.1. The molecule has 1 unspecified atom stereocenters. The molecule has 1 aromatic carbocycles. The van der Waals surface area contributed by atoms with E-state index in [-0.39, 0.29) is 28.9 Å². The highest BCUT2D eigenvalue weighted by Crippen LogP contribution is 2.35. The Balaban J connectivity index is 1.46. The fourth-order valence-corrected chi connectivity index (χ4v) is 4.97. The van der Waals surface area contributed by atoms with Crippen LogP contribution in [-0.4, -0.2) is 55.0 Å². The van der Waals surface area contributed by atoms with Crippen molar-refractivity contribution < 1.29 is 19.5 Å². The number of nitrogens with one attached hydrogen (secondary N) is 1. The number of nitrogens with zero attached hydrogens (tertiary/aromatic N) is 5. The number of nitriles is 1. The summed E-state index contributed by atoms with van der Waals surface area (Å²) < 4.78 is 1.38. The molecule has 0 spiro atoms. The second kappa shape index (κ2) is 8.26. The Morgan fingerprint density at radius 1 is 1.24 bits per heavy atom. The average Bonchev–Trinajstić information content (AvgIpc) is 3.57. The van der Waals surface area contributed by atoms with E-state index in [1.807, 2.05) is 0 Å². The third kappa shape index (κ3) is 3.46. The number of likely N-dealkylation sites (tertiary alicyclic amines) is 1. The van der Waals surface area contributed by atoms with Gasteiger partial charge in [-0.25, -0.2) is 14.3 Å². The van der Waals surface area contributed by atoms with E-state index in [4.69, 9.17) is 0 Å². The number of amides is 2. The minimum absolute atomic E-state index is 0.0917. The number of aromatic nitrogens is 3. The number of rotatable bonds is 4. The molecule has 2 atom stereocenters. The van der Waals surface area contributed by atoms with Gasteiger partial charge in [0.2, 0.25) is 0 Å². The molecule has 0 bridgehead atoms. The second-order valence-electron chi connectivity index (χ2n) is 8.59. The van der Waals surface area contributed by atoms with Gasteiger partial charge in [0.15, 0.2) is 5.65 Å². The lowest BCUT2D eigenvalue weighted by Crippen LogP contribution is -2.36. The van der Waals surface area contributed by atoms with Crippen molar-refractivity contribution in [3.63, 3.8) is 0 Å². The van der Waals surface area contributed by atoms with Crippen LogP contribution in [0, 0.1) is 18.3 Å². The first kappa shape index (κ1) is 21.6. The summed E-state index contributed by atoms with van der Waals surface area (Å²) in [5, 5.41) is 25.9. The van der Waals surface area contributed by atoms with Crippen LogP contribution in [0.1, 0.15) is 73.3 Å². The summed E-state index contributed by atoms with van der Waals surface area (Å²) in [6.07, 6.45) is 4.17. The van der Waals surface area contributed by atoms with Gasteiger partial charge >= 0.3 is 5.97 Å². The van der Waals surface area contributed by atoms with Crippen molar-refractivity contribution in [1.29, 1.82) is 5.26 Å². The molecule has 1 aliphatic carbocycles. The maximum Gasteiger partial charge on any atom is 0.335 e.